The van der Waals surface area contributed by atoms with Crippen molar-refractivity contribution in [3.8, 4) is 0 Å². The van der Waals surface area contributed by atoms with Gasteiger partial charge in [-0.1, -0.05) is 17.7 Å². The van der Waals surface area contributed by atoms with Crippen LogP contribution in [-0.4, -0.2) is 46.5 Å². The lowest BCUT2D eigenvalue weighted by atomic mass is 9.79. The van der Waals surface area contributed by atoms with E-state index < -0.39 is 10.0 Å². The second kappa shape index (κ2) is 8.26. The number of hydrogen-bond acceptors (Lipinski definition) is 4. The number of fused-ring (bicyclic) bond motifs is 1. The maximum absolute atomic E-state index is 12.8. The van der Waals surface area contributed by atoms with Crippen molar-refractivity contribution in [2.24, 2.45) is 5.92 Å². The number of anilines is 1. The van der Waals surface area contributed by atoms with Gasteiger partial charge in [0, 0.05) is 50.5 Å². The molecule has 2 atom stereocenters. The van der Waals surface area contributed by atoms with Crippen LogP contribution in [-0.2, 0) is 23.0 Å². The van der Waals surface area contributed by atoms with Crippen molar-refractivity contribution in [3.63, 3.8) is 0 Å². The first-order valence-corrected chi connectivity index (χ1v) is 12.0. The minimum Gasteiger partial charge on any atom is -0.378 e. The van der Waals surface area contributed by atoms with E-state index >= 15 is 0 Å². The van der Waals surface area contributed by atoms with E-state index in [1.807, 2.05) is 37.2 Å². The lowest BCUT2D eigenvalue weighted by Gasteiger charge is -2.41. The highest BCUT2D eigenvalue weighted by Crippen LogP contribution is 2.32. The summed E-state index contributed by atoms with van der Waals surface area (Å²) in [7, 11) is 0.386. The molecule has 1 aliphatic carbocycles. The van der Waals surface area contributed by atoms with Crippen molar-refractivity contribution < 1.29 is 8.42 Å². The fraction of sp³-hybridized carbons (Fsp3) is 0.455. The summed E-state index contributed by atoms with van der Waals surface area (Å²) in [5, 5.41) is 0.796. The minimum absolute atomic E-state index is 0.0140. The Balaban J connectivity index is 1.36. The molecule has 1 fully saturated rings. The van der Waals surface area contributed by atoms with Crippen molar-refractivity contribution >= 4 is 27.3 Å². The Morgan fingerprint density at radius 1 is 1.10 bits per heavy atom. The lowest BCUT2D eigenvalue weighted by molar-refractivity contribution is 0.136. The van der Waals surface area contributed by atoms with Crippen molar-refractivity contribution in [1.82, 2.24) is 9.62 Å². The number of benzene rings is 2. The van der Waals surface area contributed by atoms with E-state index in [0.29, 0.717) is 10.8 Å². The largest absolute Gasteiger partial charge is 0.378 e. The second-order valence-electron chi connectivity index (χ2n) is 8.35. The van der Waals surface area contributed by atoms with E-state index in [4.69, 9.17) is 11.6 Å². The van der Waals surface area contributed by atoms with Gasteiger partial charge in [-0.2, -0.15) is 0 Å². The summed E-state index contributed by atoms with van der Waals surface area (Å²) in [6.07, 6.45) is 2.97. The van der Waals surface area contributed by atoms with Gasteiger partial charge in [0.05, 0.1) is 4.90 Å². The first-order valence-electron chi connectivity index (χ1n) is 10.1. The highest BCUT2D eigenvalue weighted by atomic mass is 35.5. The molecular formula is C22H28ClN3O2S. The predicted octanol–water partition coefficient (Wildman–Crippen LogP) is 3.52. The van der Waals surface area contributed by atoms with Gasteiger partial charge in [-0.15, -0.1) is 0 Å². The number of sulfonamides is 1. The summed E-state index contributed by atoms with van der Waals surface area (Å²) in [5.41, 5.74) is 3.65. The van der Waals surface area contributed by atoms with Gasteiger partial charge in [0.25, 0.3) is 0 Å². The monoisotopic (exact) mass is 433 g/mol. The number of nitrogens with zero attached hydrogens (tertiary/aromatic N) is 2. The summed E-state index contributed by atoms with van der Waals surface area (Å²) in [6.45, 7) is 2.83. The number of hydrogen-bond donors (Lipinski definition) is 1. The van der Waals surface area contributed by atoms with Crippen LogP contribution in [0.2, 0.25) is 5.02 Å². The molecule has 1 saturated carbocycles. The summed E-state index contributed by atoms with van der Waals surface area (Å²) in [4.78, 5) is 4.72. The molecule has 0 radical (unpaired) electrons. The van der Waals surface area contributed by atoms with Crippen molar-refractivity contribution in [1.29, 1.82) is 0 Å². The Hall–Kier alpha value is -1.60. The fourth-order valence-corrected chi connectivity index (χ4v) is 5.73. The Kier molecular flexibility index (Phi) is 5.89. The smallest absolute Gasteiger partial charge is 0.240 e. The minimum atomic E-state index is -3.49. The van der Waals surface area contributed by atoms with Gasteiger partial charge in [-0.25, -0.2) is 13.1 Å². The second-order valence-corrected chi connectivity index (χ2v) is 10.5. The van der Waals surface area contributed by atoms with Gasteiger partial charge < -0.3 is 4.90 Å². The summed E-state index contributed by atoms with van der Waals surface area (Å²) in [6, 6.07) is 13.2. The van der Waals surface area contributed by atoms with Crippen LogP contribution in [0.5, 0.6) is 0 Å². The third-order valence-corrected chi connectivity index (χ3v) is 7.88. The van der Waals surface area contributed by atoms with Gasteiger partial charge >= 0.3 is 0 Å². The molecule has 1 aliphatic heterocycles. The van der Waals surface area contributed by atoms with E-state index in [1.165, 1.54) is 11.1 Å². The van der Waals surface area contributed by atoms with Gasteiger partial charge in [-0.05, 0) is 72.7 Å². The molecule has 29 heavy (non-hydrogen) atoms. The standard InChI is InChI=1S/C22H28ClN3O2S/c1-25(2)20-6-8-21(9-7-20)29(27,28)24-22-10-4-18(22)15-26-12-11-16-13-19(23)5-3-17(16)14-26/h3,5-9,13,18,22,24H,4,10-12,14-15H2,1-2H3/t18-,22+/m1/s1. The maximum Gasteiger partial charge on any atom is 0.240 e. The molecule has 0 aromatic heterocycles. The zero-order valence-electron chi connectivity index (χ0n) is 16.9. The maximum atomic E-state index is 12.8. The highest BCUT2D eigenvalue weighted by Gasteiger charge is 2.36. The highest BCUT2D eigenvalue weighted by molar-refractivity contribution is 7.89. The molecule has 2 aromatic carbocycles. The van der Waals surface area contributed by atoms with E-state index in [2.05, 4.69) is 21.8 Å². The van der Waals surface area contributed by atoms with Crippen LogP contribution in [0.1, 0.15) is 24.0 Å². The molecule has 0 amide bonds. The summed E-state index contributed by atoms with van der Waals surface area (Å²) in [5.74, 6) is 0.361. The SMILES string of the molecule is CN(C)c1ccc(S(=O)(=O)N[C@H]2CC[C@@H]2CN2CCc3cc(Cl)ccc3C2)cc1. The Bertz CT molecular complexity index is 976. The average molecular weight is 434 g/mol. The quantitative estimate of drug-likeness (QED) is 0.757. The van der Waals surface area contributed by atoms with E-state index in [-0.39, 0.29) is 6.04 Å². The van der Waals surface area contributed by atoms with Crippen molar-refractivity contribution in [3.05, 3.63) is 58.6 Å². The van der Waals surface area contributed by atoms with Crippen molar-refractivity contribution in [2.75, 3.05) is 32.1 Å². The van der Waals surface area contributed by atoms with Crippen LogP contribution < -0.4 is 9.62 Å². The zero-order valence-corrected chi connectivity index (χ0v) is 18.5. The van der Waals surface area contributed by atoms with Crippen LogP contribution >= 0.6 is 11.6 Å². The molecule has 1 heterocycles. The average Bonchev–Trinajstić information content (AvgIpc) is 2.69. The molecular weight excluding hydrogens is 406 g/mol. The number of halogens is 1. The van der Waals surface area contributed by atoms with E-state index in [1.54, 1.807) is 12.1 Å². The van der Waals surface area contributed by atoms with Crippen LogP contribution in [0.3, 0.4) is 0 Å². The molecule has 0 bridgehead atoms. The molecule has 4 rings (SSSR count). The Labute approximate surface area is 178 Å². The summed E-state index contributed by atoms with van der Waals surface area (Å²) < 4.78 is 28.5. The van der Waals surface area contributed by atoms with Gasteiger partial charge in [0.2, 0.25) is 10.0 Å². The van der Waals surface area contributed by atoms with Crippen LogP contribution in [0.15, 0.2) is 47.4 Å². The molecule has 0 unspecified atom stereocenters. The molecule has 0 spiro atoms. The molecule has 156 valence electrons. The van der Waals surface area contributed by atoms with Crippen LogP contribution in [0.4, 0.5) is 5.69 Å². The lowest BCUT2D eigenvalue weighted by Crippen LogP contribution is -2.51. The van der Waals surface area contributed by atoms with Gasteiger partial charge in [0.1, 0.15) is 0 Å². The Morgan fingerprint density at radius 3 is 2.52 bits per heavy atom. The summed E-state index contributed by atoms with van der Waals surface area (Å²) >= 11 is 6.10. The van der Waals surface area contributed by atoms with E-state index in [9.17, 15) is 8.42 Å². The zero-order chi connectivity index (χ0) is 20.6. The number of rotatable bonds is 6. The van der Waals surface area contributed by atoms with Crippen LogP contribution in [0.25, 0.3) is 0 Å². The molecule has 7 heteroatoms. The molecule has 0 saturated heterocycles. The Morgan fingerprint density at radius 2 is 1.86 bits per heavy atom. The third kappa shape index (κ3) is 4.61. The molecule has 2 aliphatic rings. The molecule has 1 N–H and O–H groups in total. The number of nitrogens with one attached hydrogen (secondary N) is 1. The van der Waals surface area contributed by atoms with Gasteiger partial charge in [-0.3, -0.25) is 4.90 Å². The molecule has 5 nitrogen and oxygen atoms in total. The third-order valence-electron chi connectivity index (χ3n) is 6.14. The normalized spacial score (nSPS) is 22.0. The topological polar surface area (TPSA) is 52.7 Å². The first-order chi connectivity index (χ1) is 13.8. The fourth-order valence-electron chi connectivity index (χ4n) is 4.20. The van der Waals surface area contributed by atoms with E-state index in [0.717, 1.165) is 49.6 Å². The van der Waals surface area contributed by atoms with Gasteiger partial charge in [0.15, 0.2) is 0 Å². The predicted molar refractivity (Wildman–Crippen MR) is 118 cm³/mol. The van der Waals surface area contributed by atoms with Crippen LogP contribution in [0, 0.1) is 5.92 Å². The first kappa shape index (κ1) is 20.7. The van der Waals surface area contributed by atoms with Crippen molar-refractivity contribution in [2.45, 2.75) is 36.7 Å². The molecule has 2 aromatic rings.